The van der Waals surface area contributed by atoms with E-state index in [0.29, 0.717) is 5.75 Å². The van der Waals surface area contributed by atoms with Crippen molar-refractivity contribution in [1.29, 1.82) is 0 Å². The number of nitrogens with zero attached hydrogens (tertiary/aromatic N) is 2. The lowest BCUT2D eigenvalue weighted by Gasteiger charge is -2.11. The minimum absolute atomic E-state index is 0.0899. The van der Waals surface area contributed by atoms with E-state index in [2.05, 4.69) is 26.5 Å². The van der Waals surface area contributed by atoms with Gasteiger partial charge in [-0.15, -0.1) is 0 Å². The van der Waals surface area contributed by atoms with Gasteiger partial charge >= 0.3 is 0 Å². The molecule has 5 nitrogen and oxygen atoms in total. The van der Waals surface area contributed by atoms with Gasteiger partial charge in [0.2, 0.25) is 0 Å². The number of benzene rings is 2. The molecule has 0 aliphatic carbocycles. The molecule has 2 aromatic carbocycles. The summed E-state index contributed by atoms with van der Waals surface area (Å²) >= 11 is 3.34. The zero-order valence-electron chi connectivity index (χ0n) is 13.0. The SMILES string of the molecule is CN(C)c1ccc(/C=N/NC(=O)COc2cccc(Br)c2)cc1. The van der Waals surface area contributed by atoms with Crippen molar-refractivity contribution in [1.82, 2.24) is 5.43 Å². The minimum Gasteiger partial charge on any atom is -0.484 e. The van der Waals surface area contributed by atoms with Crippen molar-refractivity contribution < 1.29 is 9.53 Å². The first-order valence-electron chi connectivity index (χ1n) is 7.02. The van der Waals surface area contributed by atoms with Gasteiger partial charge in [0, 0.05) is 24.3 Å². The van der Waals surface area contributed by atoms with Crippen LogP contribution < -0.4 is 15.1 Å². The summed E-state index contributed by atoms with van der Waals surface area (Å²) in [6.45, 7) is -0.0899. The highest BCUT2D eigenvalue weighted by atomic mass is 79.9. The van der Waals surface area contributed by atoms with Crippen molar-refractivity contribution in [2.24, 2.45) is 5.10 Å². The van der Waals surface area contributed by atoms with Crippen molar-refractivity contribution in [3.8, 4) is 5.75 Å². The van der Waals surface area contributed by atoms with Gasteiger partial charge < -0.3 is 9.64 Å². The molecule has 2 rings (SSSR count). The van der Waals surface area contributed by atoms with Crippen molar-refractivity contribution in [2.75, 3.05) is 25.6 Å². The number of hydrazone groups is 1. The highest BCUT2D eigenvalue weighted by molar-refractivity contribution is 9.10. The number of hydrogen-bond donors (Lipinski definition) is 1. The van der Waals surface area contributed by atoms with Crippen LogP contribution in [0.5, 0.6) is 5.75 Å². The van der Waals surface area contributed by atoms with Gasteiger partial charge in [0.1, 0.15) is 5.75 Å². The summed E-state index contributed by atoms with van der Waals surface area (Å²) in [4.78, 5) is 13.7. The fourth-order valence-corrected chi connectivity index (χ4v) is 2.15. The Bertz CT molecular complexity index is 684. The van der Waals surface area contributed by atoms with Crippen molar-refractivity contribution in [3.63, 3.8) is 0 Å². The topological polar surface area (TPSA) is 53.9 Å². The van der Waals surface area contributed by atoms with Gasteiger partial charge in [0.05, 0.1) is 6.21 Å². The quantitative estimate of drug-likeness (QED) is 0.623. The smallest absolute Gasteiger partial charge is 0.277 e. The summed E-state index contributed by atoms with van der Waals surface area (Å²) in [6.07, 6.45) is 1.59. The molecular weight excluding hydrogens is 358 g/mol. The Morgan fingerprint density at radius 1 is 1.26 bits per heavy atom. The van der Waals surface area contributed by atoms with Gasteiger partial charge in [-0.1, -0.05) is 34.1 Å². The third-order valence-corrected chi connectivity index (χ3v) is 3.47. The molecule has 23 heavy (non-hydrogen) atoms. The molecule has 0 aliphatic heterocycles. The van der Waals surface area contributed by atoms with Crippen LogP contribution in [0.25, 0.3) is 0 Å². The Kier molecular flexibility index (Phi) is 6.17. The predicted molar refractivity (Wildman–Crippen MR) is 96.1 cm³/mol. The fraction of sp³-hybridized carbons (Fsp3) is 0.176. The Hall–Kier alpha value is -2.34. The molecule has 0 heterocycles. The maximum atomic E-state index is 11.7. The first kappa shape index (κ1) is 17.0. The Balaban J connectivity index is 1.79. The second-order valence-corrected chi connectivity index (χ2v) is 5.94. The molecule has 0 aromatic heterocycles. The fourth-order valence-electron chi connectivity index (χ4n) is 1.78. The molecule has 0 spiro atoms. The van der Waals surface area contributed by atoms with Crippen LogP contribution >= 0.6 is 15.9 Å². The van der Waals surface area contributed by atoms with Crippen LogP contribution in [0.2, 0.25) is 0 Å². The minimum atomic E-state index is -0.314. The maximum absolute atomic E-state index is 11.7. The highest BCUT2D eigenvalue weighted by Gasteiger charge is 2.01. The number of nitrogens with one attached hydrogen (secondary N) is 1. The van der Waals surface area contributed by atoms with Crippen LogP contribution in [0.3, 0.4) is 0 Å². The van der Waals surface area contributed by atoms with Crippen LogP contribution in [-0.4, -0.2) is 32.8 Å². The Morgan fingerprint density at radius 2 is 2.00 bits per heavy atom. The van der Waals surface area contributed by atoms with Crippen LogP contribution in [0.15, 0.2) is 58.1 Å². The lowest BCUT2D eigenvalue weighted by Crippen LogP contribution is -2.24. The molecule has 0 atom stereocenters. The number of carbonyl (C=O) groups is 1. The van der Waals surface area contributed by atoms with E-state index in [1.807, 2.05) is 55.4 Å². The standard InChI is InChI=1S/C17H18BrN3O2/c1-21(2)15-8-6-13(7-9-15)11-19-20-17(22)12-23-16-5-3-4-14(18)10-16/h3-11H,12H2,1-2H3,(H,20,22)/b19-11+. The number of amides is 1. The molecule has 1 amide bonds. The molecule has 2 aromatic rings. The van der Waals surface area contributed by atoms with E-state index in [9.17, 15) is 4.79 Å². The van der Waals surface area contributed by atoms with Crippen LogP contribution in [-0.2, 0) is 4.79 Å². The van der Waals surface area contributed by atoms with Crippen molar-refractivity contribution in [3.05, 3.63) is 58.6 Å². The van der Waals surface area contributed by atoms with Gasteiger partial charge in [-0.3, -0.25) is 4.79 Å². The normalized spacial score (nSPS) is 10.6. The van der Waals surface area contributed by atoms with Gasteiger partial charge in [0.15, 0.2) is 6.61 Å². The number of rotatable bonds is 6. The van der Waals surface area contributed by atoms with E-state index in [-0.39, 0.29) is 12.5 Å². The highest BCUT2D eigenvalue weighted by Crippen LogP contribution is 2.17. The Morgan fingerprint density at radius 3 is 2.65 bits per heavy atom. The molecule has 0 unspecified atom stereocenters. The summed E-state index contributed by atoms with van der Waals surface area (Å²) < 4.78 is 6.27. The predicted octanol–water partition coefficient (Wildman–Crippen LogP) is 3.04. The number of anilines is 1. The maximum Gasteiger partial charge on any atom is 0.277 e. The third-order valence-electron chi connectivity index (χ3n) is 2.98. The summed E-state index contributed by atoms with van der Waals surface area (Å²) in [7, 11) is 3.96. The van der Waals surface area contributed by atoms with E-state index in [1.54, 1.807) is 18.3 Å². The number of ether oxygens (including phenoxy) is 1. The molecule has 6 heteroatoms. The van der Waals surface area contributed by atoms with Crippen LogP contribution in [0.1, 0.15) is 5.56 Å². The van der Waals surface area contributed by atoms with E-state index in [4.69, 9.17) is 4.74 Å². The third kappa shape index (κ3) is 5.75. The lowest BCUT2D eigenvalue weighted by molar-refractivity contribution is -0.123. The average Bonchev–Trinajstić information content (AvgIpc) is 2.53. The largest absolute Gasteiger partial charge is 0.484 e. The second-order valence-electron chi connectivity index (χ2n) is 5.03. The number of halogens is 1. The van der Waals surface area contributed by atoms with Gasteiger partial charge in [-0.2, -0.15) is 5.10 Å². The molecule has 0 saturated carbocycles. The summed E-state index contributed by atoms with van der Waals surface area (Å²) in [5.74, 6) is 0.309. The zero-order valence-corrected chi connectivity index (χ0v) is 14.6. The van der Waals surface area contributed by atoms with Gasteiger partial charge in [0.25, 0.3) is 5.91 Å². The molecule has 0 saturated heterocycles. The zero-order chi connectivity index (χ0) is 16.7. The summed E-state index contributed by atoms with van der Waals surface area (Å²) in [6, 6.07) is 15.1. The Labute approximate surface area is 144 Å². The van der Waals surface area contributed by atoms with E-state index >= 15 is 0 Å². The second kappa shape index (κ2) is 8.33. The number of hydrogen-bond acceptors (Lipinski definition) is 4. The van der Waals surface area contributed by atoms with Crippen LogP contribution in [0, 0.1) is 0 Å². The van der Waals surface area contributed by atoms with E-state index in [0.717, 1.165) is 15.7 Å². The van der Waals surface area contributed by atoms with Crippen molar-refractivity contribution >= 4 is 33.7 Å². The summed E-state index contributed by atoms with van der Waals surface area (Å²) in [5.41, 5.74) is 4.45. The lowest BCUT2D eigenvalue weighted by atomic mass is 10.2. The molecule has 0 radical (unpaired) electrons. The monoisotopic (exact) mass is 375 g/mol. The average molecular weight is 376 g/mol. The molecule has 0 aliphatic rings. The molecule has 0 fully saturated rings. The molecule has 120 valence electrons. The number of carbonyl (C=O) groups excluding carboxylic acids is 1. The first-order valence-corrected chi connectivity index (χ1v) is 7.81. The van der Waals surface area contributed by atoms with E-state index < -0.39 is 0 Å². The van der Waals surface area contributed by atoms with Gasteiger partial charge in [-0.05, 0) is 35.9 Å². The van der Waals surface area contributed by atoms with E-state index in [1.165, 1.54) is 0 Å². The van der Waals surface area contributed by atoms with Crippen molar-refractivity contribution in [2.45, 2.75) is 0 Å². The van der Waals surface area contributed by atoms with Crippen LogP contribution in [0.4, 0.5) is 5.69 Å². The summed E-state index contributed by atoms with van der Waals surface area (Å²) in [5, 5.41) is 3.92. The first-order chi connectivity index (χ1) is 11.0. The molecule has 1 N–H and O–H groups in total. The molecule has 0 bridgehead atoms. The molecular formula is C17H18BrN3O2. The van der Waals surface area contributed by atoms with Gasteiger partial charge in [-0.25, -0.2) is 5.43 Å².